The lowest BCUT2D eigenvalue weighted by molar-refractivity contribution is -0.277. The van der Waals surface area contributed by atoms with Crippen LogP contribution in [0, 0.1) is 23.7 Å². The molecule has 0 aromatic carbocycles. The SMILES string of the molecule is CO[C@]12C=C[C@](C)(O1)[C@@H](OC(=O)/C=C/c1cn(C)cn1)C[C@@H]1[C@H](/C=C\2COC2OCC(O)C(O)C2OC(C)=O)[C@@H](C(C)C)C=C[C@@]1(C)O. The van der Waals surface area contributed by atoms with Crippen molar-refractivity contribution in [3.63, 3.8) is 0 Å². The van der Waals surface area contributed by atoms with Gasteiger partial charge in [-0.1, -0.05) is 32.1 Å². The van der Waals surface area contributed by atoms with Crippen molar-refractivity contribution in [3.05, 3.63) is 60.2 Å². The summed E-state index contributed by atoms with van der Waals surface area (Å²) in [6.07, 6.45) is 9.87. The highest BCUT2D eigenvalue weighted by atomic mass is 16.7. The molecule has 1 saturated heterocycles. The summed E-state index contributed by atoms with van der Waals surface area (Å²) in [5.41, 5.74) is -1.33. The summed E-state index contributed by atoms with van der Waals surface area (Å²) in [7, 11) is 3.32. The number of ether oxygens (including phenoxy) is 6. The zero-order valence-corrected chi connectivity index (χ0v) is 28.5. The summed E-state index contributed by atoms with van der Waals surface area (Å²) < 4.78 is 37.8. The molecule has 0 amide bonds. The van der Waals surface area contributed by atoms with E-state index in [1.807, 2.05) is 25.3 Å². The van der Waals surface area contributed by atoms with Crippen molar-refractivity contribution in [2.24, 2.45) is 30.7 Å². The Bertz CT molecular complexity index is 1460. The minimum atomic E-state index is -1.48. The number of aryl methyl sites for hydroxylation is 1. The molecule has 264 valence electrons. The van der Waals surface area contributed by atoms with Crippen LogP contribution in [0.1, 0.15) is 46.7 Å². The number of hydrogen-bond donors (Lipinski definition) is 3. The molecule has 1 fully saturated rings. The molecule has 5 rings (SSSR count). The molecule has 0 saturated carbocycles. The van der Waals surface area contributed by atoms with Crippen molar-refractivity contribution < 1.29 is 53.3 Å². The van der Waals surface area contributed by atoms with Crippen LogP contribution < -0.4 is 0 Å². The highest BCUT2D eigenvalue weighted by molar-refractivity contribution is 5.86. The van der Waals surface area contributed by atoms with Crippen molar-refractivity contribution in [3.8, 4) is 0 Å². The van der Waals surface area contributed by atoms with Crippen molar-refractivity contribution in [1.82, 2.24) is 9.55 Å². The number of nitrogens with zero attached hydrogens (tertiary/aromatic N) is 2. The number of carbonyl (C=O) groups is 2. The number of methoxy groups -OCH3 is 1. The number of aliphatic hydroxyl groups excluding tert-OH is 2. The molecule has 13 nitrogen and oxygen atoms in total. The summed E-state index contributed by atoms with van der Waals surface area (Å²) >= 11 is 0. The first-order valence-electron chi connectivity index (χ1n) is 16.3. The van der Waals surface area contributed by atoms with E-state index < -0.39 is 65.6 Å². The number of aliphatic hydroxyl groups is 3. The molecule has 4 heterocycles. The maximum atomic E-state index is 13.3. The average molecular weight is 673 g/mol. The van der Waals surface area contributed by atoms with E-state index in [2.05, 4.69) is 18.8 Å². The van der Waals surface area contributed by atoms with Gasteiger partial charge >= 0.3 is 11.9 Å². The van der Waals surface area contributed by atoms with Crippen LogP contribution in [-0.2, 0) is 45.1 Å². The Morgan fingerprint density at radius 2 is 1.94 bits per heavy atom. The van der Waals surface area contributed by atoms with E-state index in [-0.39, 0.29) is 37.4 Å². The van der Waals surface area contributed by atoms with Crippen molar-refractivity contribution in [1.29, 1.82) is 0 Å². The predicted molar refractivity (Wildman–Crippen MR) is 172 cm³/mol. The second-order valence-electron chi connectivity index (χ2n) is 13.9. The molecule has 4 aliphatic rings. The molecule has 11 atom stereocenters. The van der Waals surface area contributed by atoms with Gasteiger partial charge in [0.1, 0.15) is 23.9 Å². The van der Waals surface area contributed by atoms with Crippen molar-refractivity contribution in [2.75, 3.05) is 20.3 Å². The fourth-order valence-corrected chi connectivity index (χ4v) is 7.14. The largest absolute Gasteiger partial charge is 0.456 e. The Kier molecular flexibility index (Phi) is 10.5. The summed E-state index contributed by atoms with van der Waals surface area (Å²) in [5.74, 6) is -3.32. The van der Waals surface area contributed by atoms with Gasteiger partial charge in [0.15, 0.2) is 12.4 Å². The van der Waals surface area contributed by atoms with Gasteiger partial charge in [-0.2, -0.15) is 0 Å². The first-order chi connectivity index (χ1) is 22.6. The van der Waals surface area contributed by atoms with Gasteiger partial charge in [-0.05, 0) is 56.3 Å². The highest BCUT2D eigenvalue weighted by Crippen LogP contribution is 2.50. The van der Waals surface area contributed by atoms with Gasteiger partial charge in [0.2, 0.25) is 5.79 Å². The zero-order chi connectivity index (χ0) is 35.0. The minimum Gasteiger partial charge on any atom is -0.456 e. The number of allylic oxidation sites excluding steroid dienone is 2. The van der Waals surface area contributed by atoms with E-state index in [9.17, 15) is 24.9 Å². The lowest BCUT2D eigenvalue weighted by Crippen LogP contribution is -2.55. The molecule has 0 radical (unpaired) electrons. The lowest BCUT2D eigenvalue weighted by atomic mass is 9.63. The van der Waals surface area contributed by atoms with E-state index in [1.165, 1.54) is 20.1 Å². The normalized spacial score (nSPS) is 40.5. The van der Waals surface area contributed by atoms with E-state index in [4.69, 9.17) is 28.4 Å². The molecule has 3 N–H and O–H groups in total. The van der Waals surface area contributed by atoms with Crippen LogP contribution in [0.25, 0.3) is 6.08 Å². The fourth-order valence-electron chi connectivity index (χ4n) is 7.14. The van der Waals surface area contributed by atoms with Crippen LogP contribution in [0.2, 0.25) is 0 Å². The molecule has 1 aliphatic carbocycles. The minimum absolute atomic E-state index is 0.0235. The Morgan fingerprint density at radius 1 is 1.19 bits per heavy atom. The van der Waals surface area contributed by atoms with Gasteiger partial charge in [-0.3, -0.25) is 4.79 Å². The monoisotopic (exact) mass is 672 g/mol. The average Bonchev–Trinajstić information content (AvgIpc) is 3.61. The first-order valence-corrected chi connectivity index (χ1v) is 16.3. The second kappa shape index (κ2) is 14.0. The summed E-state index contributed by atoms with van der Waals surface area (Å²) in [6, 6.07) is 0. The number of esters is 2. The van der Waals surface area contributed by atoms with Gasteiger partial charge in [0.05, 0.1) is 30.8 Å². The first kappa shape index (κ1) is 36.1. The molecule has 0 spiro atoms. The molecular formula is C35H48N2O11. The van der Waals surface area contributed by atoms with E-state index in [1.54, 1.807) is 49.2 Å². The third-order valence-corrected chi connectivity index (χ3v) is 9.85. The van der Waals surface area contributed by atoms with Gasteiger partial charge in [-0.25, -0.2) is 9.78 Å². The van der Waals surface area contributed by atoms with Crippen LogP contribution in [0.5, 0.6) is 0 Å². The van der Waals surface area contributed by atoms with Crippen LogP contribution in [-0.4, -0.2) is 105 Å². The molecular weight excluding hydrogens is 624 g/mol. The van der Waals surface area contributed by atoms with Crippen molar-refractivity contribution >= 4 is 18.0 Å². The molecule has 13 heteroatoms. The Labute approximate surface area is 280 Å². The van der Waals surface area contributed by atoms with E-state index in [0.717, 1.165) is 0 Å². The molecule has 4 unspecified atom stereocenters. The fraction of sp³-hybridized carbons (Fsp3) is 0.629. The summed E-state index contributed by atoms with van der Waals surface area (Å²) in [4.78, 5) is 29.4. The van der Waals surface area contributed by atoms with E-state index >= 15 is 0 Å². The van der Waals surface area contributed by atoms with Crippen LogP contribution in [0.3, 0.4) is 0 Å². The smallest absolute Gasteiger partial charge is 0.331 e. The van der Waals surface area contributed by atoms with Crippen LogP contribution in [0.4, 0.5) is 0 Å². The maximum absolute atomic E-state index is 13.3. The number of fused-ring (bicyclic) bond motifs is 3. The Balaban J connectivity index is 1.52. The molecule has 2 bridgehead atoms. The van der Waals surface area contributed by atoms with Crippen LogP contribution >= 0.6 is 0 Å². The lowest BCUT2D eigenvalue weighted by Gasteiger charge is -2.45. The third kappa shape index (κ3) is 7.37. The third-order valence-electron chi connectivity index (χ3n) is 9.85. The quantitative estimate of drug-likeness (QED) is 0.199. The highest BCUT2D eigenvalue weighted by Gasteiger charge is 2.55. The van der Waals surface area contributed by atoms with Gasteiger partial charge < -0.3 is 48.3 Å². The van der Waals surface area contributed by atoms with Gasteiger partial charge in [-0.15, -0.1) is 0 Å². The van der Waals surface area contributed by atoms with Crippen LogP contribution in [0.15, 0.2) is 54.6 Å². The number of rotatable bonds is 9. The molecule has 48 heavy (non-hydrogen) atoms. The molecule has 1 aromatic rings. The van der Waals surface area contributed by atoms with Gasteiger partial charge in [0, 0.05) is 44.8 Å². The van der Waals surface area contributed by atoms with E-state index in [0.29, 0.717) is 11.3 Å². The number of aromatic nitrogens is 2. The number of hydrogen-bond acceptors (Lipinski definition) is 12. The maximum Gasteiger partial charge on any atom is 0.331 e. The number of imidazole rings is 1. The molecule has 3 aliphatic heterocycles. The van der Waals surface area contributed by atoms with Crippen molar-refractivity contribution in [2.45, 2.75) is 88.7 Å². The molecule has 1 aromatic heterocycles. The van der Waals surface area contributed by atoms with Gasteiger partial charge in [0.25, 0.3) is 0 Å². The predicted octanol–water partition coefficient (Wildman–Crippen LogP) is 2.21. The number of carbonyl (C=O) groups excluding carboxylic acids is 2. The Hall–Kier alpha value is -3.17. The zero-order valence-electron chi connectivity index (χ0n) is 28.5. The second-order valence-corrected chi connectivity index (χ2v) is 13.9. The topological polar surface area (TPSA) is 168 Å². The summed E-state index contributed by atoms with van der Waals surface area (Å²) in [6.45, 7) is 8.55. The standard InChI is InChI=1S/C35H48N2O11/c1-20(2)24-10-11-33(4,42)26-15-28(47-29(40)9-8-23-16-37(6)19-36-23)34(5)12-13-35(43-7,48-34)22(14-25(24)26)17-44-32-31(46-21(3)38)30(41)27(39)18-45-32/h8-14,16,19-20,24-28,30-32,39,41-42H,15,17-18H2,1-7H3/b9-8+,22-14-/t24-,25-,26-,27?,28+,30?,31?,32?,33-,34+,35-/m1/s1. The Morgan fingerprint density at radius 3 is 2.58 bits per heavy atom. The summed E-state index contributed by atoms with van der Waals surface area (Å²) in [5, 5.41) is 32.6.